The molecule has 4 aromatic rings. The summed E-state index contributed by atoms with van der Waals surface area (Å²) >= 11 is 1.20. The largest absolute Gasteiger partial charge is 0.463 e. The summed E-state index contributed by atoms with van der Waals surface area (Å²) in [4.78, 5) is 20.9. The molecule has 0 spiro atoms. The lowest BCUT2D eigenvalue weighted by molar-refractivity contribution is -0.115. The number of furan rings is 2. The van der Waals surface area contributed by atoms with Gasteiger partial charge in [-0.05, 0) is 43.3 Å². The smallest absolute Gasteiger partial charge is 0.237 e. The Kier molecular flexibility index (Phi) is 5.16. The molecule has 1 atom stereocenters. The van der Waals surface area contributed by atoms with Gasteiger partial charge in [-0.1, -0.05) is 11.8 Å². The second-order valence-electron chi connectivity index (χ2n) is 5.74. The highest BCUT2D eigenvalue weighted by Gasteiger charge is 2.21. The van der Waals surface area contributed by atoms with Crippen molar-refractivity contribution in [3.63, 3.8) is 0 Å². The third-order valence-corrected chi connectivity index (χ3v) is 4.71. The van der Waals surface area contributed by atoms with Gasteiger partial charge in [0.1, 0.15) is 5.69 Å². The lowest BCUT2D eigenvalue weighted by Gasteiger charge is -2.11. The minimum absolute atomic E-state index is 0.184. The molecule has 140 valence electrons. The van der Waals surface area contributed by atoms with Gasteiger partial charge in [0.15, 0.2) is 17.2 Å². The first-order valence-electron chi connectivity index (χ1n) is 8.41. The normalized spacial score (nSPS) is 11.9. The molecule has 9 heteroatoms. The van der Waals surface area contributed by atoms with Crippen molar-refractivity contribution in [2.45, 2.75) is 17.3 Å². The minimum atomic E-state index is -0.444. The average molecular weight is 393 g/mol. The number of nitrogens with one attached hydrogen (secondary N) is 1. The van der Waals surface area contributed by atoms with Crippen LogP contribution < -0.4 is 5.32 Å². The summed E-state index contributed by atoms with van der Waals surface area (Å²) in [5.41, 5.74) is 1.59. The van der Waals surface area contributed by atoms with Crippen molar-refractivity contribution in [3.05, 3.63) is 61.3 Å². The molecular formula is C19H15N5O3S. The van der Waals surface area contributed by atoms with Gasteiger partial charge in [0.05, 0.1) is 29.7 Å². The van der Waals surface area contributed by atoms with Gasteiger partial charge in [0, 0.05) is 6.20 Å². The van der Waals surface area contributed by atoms with Gasteiger partial charge in [0.25, 0.3) is 0 Å². The standard InChI is InChI=1S/C19H15N5O3S/c1-12(18(25)21-13-5-2-8-20-11-13)28-19-22-16(14-6-3-9-26-14)17(23-24-19)15-7-4-10-27-15/h2-12H,1H3,(H,21,25). The fourth-order valence-electron chi connectivity index (χ4n) is 2.42. The van der Waals surface area contributed by atoms with Crippen molar-refractivity contribution < 1.29 is 13.6 Å². The quantitative estimate of drug-likeness (QED) is 0.491. The summed E-state index contributed by atoms with van der Waals surface area (Å²) in [6.45, 7) is 1.77. The number of nitrogens with zero attached hydrogens (tertiary/aromatic N) is 4. The highest BCUT2D eigenvalue weighted by atomic mass is 32.2. The van der Waals surface area contributed by atoms with E-state index in [2.05, 4.69) is 25.5 Å². The van der Waals surface area contributed by atoms with Gasteiger partial charge in [0.2, 0.25) is 11.1 Å². The molecule has 0 radical (unpaired) electrons. The molecule has 0 fully saturated rings. The number of anilines is 1. The fraction of sp³-hybridized carbons (Fsp3) is 0.105. The number of pyridine rings is 1. The number of aromatic nitrogens is 4. The summed E-state index contributed by atoms with van der Waals surface area (Å²) in [5, 5.41) is 11.1. The lowest BCUT2D eigenvalue weighted by Crippen LogP contribution is -2.22. The predicted molar refractivity (Wildman–Crippen MR) is 103 cm³/mol. The van der Waals surface area contributed by atoms with Gasteiger partial charge >= 0.3 is 0 Å². The maximum Gasteiger partial charge on any atom is 0.237 e. The molecule has 0 aliphatic heterocycles. The van der Waals surface area contributed by atoms with Gasteiger partial charge < -0.3 is 14.2 Å². The molecule has 0 bridgehead atoms. The van der Waals surface area contributed by atoms with Crippen molar-refractivity contribution in [3.8, 4) is 22.9 Å². The van der Waals surface area contributed by atoms with Crippen LogP contribution >= 0.6 is 11.8 Å². The number of thioether (sulfide) groups is 1. The third kappa shape index (κ3) is 3.94. The Morgan fingerprint density at radius 1 is 1.04 bits per heavy atom. The van der Waals surface area contributed by atoms with Crippen molar-refractivity contribution in [1.82, 2.24) is 20.2 Å². The van der Waals surface area contributed by atoms with Crippen molar-refractivity contribution in [1.29, 1.82) is 0 Å². The van der Waals surface area contributed by atoms with Gasteiger partial charge in [-0.25, -0.2) is 4.98 Å². The molecule has 0 saturated carbocycles. The summed E-state index contributed by atoms with van der Waals surface area (Å²) in [7, 11) is 0. The molecule has 0 saturated heterocycles. The zero-order valence-electron chi connectivity index (χ0n) is 14.8. The van der Waals surface area contributed by atoms with Crippen LogP contribution in [0.25, 0.3) is 22.9 Å². The second-order valence-corrected chi connectivity index (χ2v) is 7.05. The Labute approximate surface area is 164 Å². The molecule has 0 aliphatic carbocycles. The molecule has 8 nitrogen and oxygen atoms in total. The predicted octanol–water partition coefficient (Wildman–Crippen LogP) is 3.91. The number of carbonyl (C=O) groups excluding carboxylic acids is 1. The summed E-state index contributed by atoms with van der Waals surface area (Å²) in [6, 6.07) is 10.6. The first-order valence-corrected chi connectivity index (χ1v) is 9.28. The highest BCUT2D eigenvalue weighted by molar-refractivity contribution is 8.00. The monoisotopic (exact) mass is 393 g/mol. The fourth-order valence-corrected chi connectivity index (χ4v) is 3.13. The molecule has 0 aliphatic rings. The Hall–Kier alpha value is -3.46. The number of rotatable bonds is 6. The molecule has 1 amide bonds. The number of hydrogen-bond acceptors (Lipinski definition) is 8. The van der Waals surface area contributed by atoms with E-state index in [9.17, 15) is 4.79 Å². The van der Waals surface area contributed by atoms with Crippen LogP contribution in [0.5, 0.6) is 0 Å². The minimum Gasteiger partial charge on any atom is -0.463 e. The van der Waals surface area contributed by atoms with Crippen LogP contribution in [0.2, 0.25) is 0 Å². The Morgan fingerprint density at radius 2 is 1.79 bits per heavy atom. The van der Waals surface area contributed by atoms with Crippen LogP contribution in [0, 0.1) is 0 Å². The number of amides is 1. The first-order chi connectivity index (χ1) is 13.7. The maximum atomic E-state index is 12.4. The summed E-state index contributed by atoms with van der Waals surface area (Å²) in [5.74, 6) is 0.886. The van der Waals surface area contributed by atoms with E-state index in [4.69, 9.17) is 8.83 Å². The zero-order valence-corrected chi connectivity index (χ0v) is 15.6. The van der Waals surface area contributed by atoms with Crippen LogP contribution in [-0.2, 0) is 4.79 Å². The highest BCUT2D eigenvalue weighted by Crippen LogP contribution is 2.31. The van der Waals surface area contributed by atoms with E-state index < -0.39 is 5.25 Å². The van der Waals surface area contributed by atoms with Crippen LogP contribution in [0.3, 0.4) is 0 Å². The van der Waals surface area contributed by atoms with E-state index in [-0.39, 0.29) is 5.91 Å². The molecular weight excluding hydrogens is 378 g/mol. The summed E-state index contributed by atoms with van der Waals surface area (Å²) in [6.07, 6.45) is 6.33. The maximum absolute atomic E-state index is 12.4. The Morgan fingerprint density at radius 3 is 2.43 bits per heavy atom. The van der Waals surface area contributed by atoms with Crippen LogP contribution in [0.15, 0.2) is 75.3 Å². The molecule has 4 heterocycles. The van der Waals surface area contributed by atoms with E-state index >= 15 is 0 Å². The van der Waals surface area contributed by atoms with Crippen LogP contribution in [0.1, 0.15) is 6.92 Å². The Balaban J connectivity index is 1.57. The van der Waals surface area contributed by atoms with Crippen molar-refractivity contribution >= 4 is 23.4 Å². The van der Waals surface area contributed by atoms with E-state index in [1.807, 2.05) is 0 Å². The molecule has 4 rings (SSSR count). The lowest BCUT2D eigenvalue weighted by atomic mass is 10.2. The topological polar surface area (TPSA) is 107 Å². The summed E-state index contributed by atoms with van der Waals surface area (Å²) < 4.78 is 10.9. The molecule has 1 N–H and O–H groups in total. The zero-order chi connectivity index (χ0) is 19.3. The van der Waals surface area contributed by atoms with Gasteiger partial charge in [-0.3, -0.25) is 9.78 Å². The van der Waals surface area contributed by atoms with E-state index in [0.717, 1.165) is 0 Å². The van der Waals surface area contributed by atoms with E-state index in [1.165, 1.54) is 11.8 Å². The molecule has 28 heavy (non-hydrogen) atoms. The molecule has 1 unspecified atom stereocenters. The average Bonchev–Trinajstić information content (AvgIpc) is 3.43. The van der Waals surface area contributed by atoms with E-state index in [1.54, 1.807) is 68.2 Å². The number of hydrogen-bond donors (Lipinski definition) is 1. The van der Waals surface area contributed by atoms with Crippen LogP contribution in [-0.4, -0.2) is 31.3 Å². The van der Waals surface area contributed by atoms with Crippen LogP contribution in [0.4, 0.5) is 5.69 Å². The van der Waals surface area contributed by atoms with Crippen molar-refractivity contribution in [2.75, 3.05) is 5.32 Å². The third-order valence-electron chi connectivity index (χ3n) is 3.76. The van der Waals surface area contributed by atoms with Crippen molar-refractivity contribution in [2.24, 2.45) is 0 Å². The second kappa shape index (κ2) is 8.05. The molecule has 0 aromatic carbocycles. The molecule has 4 aromatic heterocycles. The van der Waals surface area contributed by atoms with E-state index in [0.29, 0.717) is 33.8 Å². The Bertz CT molecular complexity index is 1050. The SMILES string of the molecule is CC(Sc1nnc(-c2ccco2)c(-c2ccco2)n1)C(=O)Nc1cccnc1. The number of carbonyl (C=O) groups is 1. The van der Waals surface area contributed by atoms with Gasteiger partial charge in [-0.2, -0.15) is 0 Å². The van der Waals surface area contributed by atoms with Gasteiger partial charge in [-0.15, -0.1) is 10.2 Å². The first kappa shape index (κ1) is 17.9.